The number of sulfone groups is 1. The van der Waals surface area contributed by atoms with E-state index in [1.165, 1.54) is 12.1 Å². The first-order valence-electron chi connectivity index (χ1n) is 7.12. The average Bonchev–Trinajstić information content (AvgIpc) is 2.37. The first kappa shape index (κ1) is 18.4. The number of rotatable bonds is 6. The van der Waals surface area contributed by atoms with Gasteiger partial charge in [-0.15, -0.1) is 0 Å². The van der Waals surface area contributed by atoms with E-state index in [1.54, 1.807) is 6.07 Å². The second-order valence-electron chi connectivity index (χ2n) is 5.84. The van der Waals surface area contributed by atoms with Crippen LogP contribution in [0.4, 0.5) is 10.5 Å². The number of urea groups is 1. The van der Waals surface area contributed by atoms with Gasteiger partial charge in [-0.1, -0.05) is 6.07 Å². The SMILES string of the molecule is Cc1ccc(S(C)(=O)=O)cc1NC(=O)N[C@@H](C)CCN(C)C. The van der Waals surface area contributed by atoms with Crippen molar-refractivity contribution in [1.82, 2.24) is 10.2 Å². The molecular weight excluding hydrogens is 302 g/mol. The van der Waals surface area contributed by atoms with E-state index in [-0.39, 0.29) is 17.0 Å². The summed E-state index contributed by atoms with van der Waals surface area (Å²) in [7, 11) is 0.662. The van der Waals surface area contributed by atoms with E-state index in [0.29, 0.717) is 5.69 Å². The maximum Gasteiger partial charge on any atom is 0.319 e. The molecule has 0 aliphatic carbocycles. The molecule has 7 heteroatoms. The van der Waals surface area contributed by atoms with Crippen molar-refractivity contribution in [2.45, 2.75) is 31.2 Å². The fourth-order valence-electron chi connectivity index (χ4n) is 1.87. The summed E-state index contributed by atoms with van der Waals surface area (Å²) in [6.45, 7) is 4.63. The van der Waals surface area contributed by atoms with Crippen molar-refractivity contribution in [2.75, 3.05) is 32.2 Å². The van der Waals surface area contributed by atoms with Crippen LogP contribution in [0.25, 0.3) is 0 Å². The second kappa shape index (κ2) is 7.60. The van der Waals surface area contributed by atoms with Crippen molar-refractivity contribution in [3.63, 3.8) is 0 Å². The second-order valence-corrected chi connectivity index (χ2v) is 7.86. The lowest BCUT2D eigenvalue weighted by Crippen LogP contribution is -2.37. The molecule has 0 aromatic heterocycles. The summed E-state index contributed by atoms with van der Waals surface area (Å²) < 4.78 is 23.2. The maximum absolute atomic E-state index is 12.0. The summed E-state index contributed by atoms with van der Waals surface area (Å²) in [5.41, 5.74) is 1.31. The summed E-state index contributed by atoms with van der Waals surface area (Å²) in [5, 5.41) is 5.56. The van der Waals surface area contributed by atoms with E-state index in [4.69, 9.17) is 0 Å². The first-order valence-corrected chi connectivity index (χ1v) is 9.01. The van der Waals surface area contributed by atoms with Gasteiger partial charge < -0.3 is 15.5 Å². The smallest absolute Gasteiger partial charge is 0.319 e. The summed E-state index contributed by atoms with van der Waals surface area (Å²) in [6, 6.07) is 4.39. The predicted molar refractivity (Wildman–Crippen MR) is 89.1 cm³/mol. The number of nitrogens with zero attached hydrogens (tertiary/aromatic N) is 1. The molecule has 1 rings (SSSR count). The van der Waals surface area contributed by atoms with E-state index < -0.39 is 9.84 Å². The summed E-state index contributed by atoms with van der Waals surface area (Å²) in [5.74, 6) is 0. The minimum Gasteiger partial charge on any atom is -0.335 e. The molecule has 0 fully saturated rings. The van der Waals surface area contributed by atoms with E-state index in [9.17, 15) is 13.2 Å². The van der Waals surface area contributed by atoms with E-state index in [1.807, 2.05) is 27.9 Å². The van der Waals surface area contributed by atoms with Crippen LogP contribution >= 0.6 is 0 Å². The topological polar surface area (TPSA) is 78.5 Å². The third kappa shape index (κ3) is 6.03. The first-order chi connectivity index (χ1) is 10.1. The van der Waals surface area contributed by atoms with E-state index >= 15 is 0 Å². The molecule has 0 heterocycles. The van der Waals surface area contributed by atoms with Gasteiger partial charge in [0.15, 0.2) is 9.84 Å². The van der Waals surface area contributed by atoms with Crippen LogP contribution in [0.1, 0.15) is 18.9 Å². The molecule has 1 atom stereocenters. The van der Waals surface area contributed by atoms with Crippen molar-refractivity contribution in [2.24, 2.45) is 0 Å². The van der Waals surface area contributed by atoms with Crippen LogP contribution in [0.3, 0.4) is 0 Å². The Labute approximate surface area is 132 Å². The molecule has 0 saturated heterocycles. The zero-order valence-electron chi connectivity index (χ0n) is 13.8. The Balaban J connectivity index is 2.72. The largest absolute Gasteiger partial charge is 0.335 e. The number of amides is 2. The van der Waals surface area contributed by atoms with Crippen LogP contribution in [0.2, 0.25) is 0 Å². The zero-order chi connectivity index (χ0) is 16.9. The Hall–Kier alpha value is -1.60. The molecule has 1 aromatic rings. The number of benzene rings is 1. The molecule has 0 bridgehead atoms. The highest BCUT2D eigenvalue weighted by Crippen LogP contribution is 2.20. The molecule has 124 valence electrons. The predicted octanol–water partition coefficient (Wildman–Crippen LogP) is 1.86. The van der Waals surface area contributed by atoms with Gasteiger partial charge in [-0.2, -0.15) is 0 Å². The van der Waals surface area contributed by atoms with Gasteiger partial charge in [-0.05, 0) is 58.6 Å². The highest BCUT2D eigenvalue weighted by Gasteiger charge is 2.12. The monoisotopic (exact) mass is 327 g/mol. The van der Waals surface area contributed by atoms with Crippen molar-refractivity contribution in [3.05, 3.63) is 23.8 Å². The van der Waals surface area contributed by atoms with Crippen molar-refractivity contribution < 1.29 is 13.2 Å². The molecule has 0 radical (unpaired) electrons. The van der Waals surface area contributed by atoms with E-state index in [0.717, 1.165) is 24.8 Å². The van der Waals surface area contributed by atoms with Gasteiger partial charge in [0.2, 0.25) is 0 Å². The molecule has 0 saturated carbocycles. The Kier molecular flexibility index (Phi) is 6.37. The molecule has 0 aliphatic heterocycles. The number of hydrogen-bond acceptors (Lipinski definition) is 4. The van der Waals surface area contributed by atoms with Crippen LogP contribution in [0.15, 0.2) is 23.1 Å². The van der Waals surface area contributed by atoms with Crippen LogP contribution in [-0.4, -0.2) is 52.3 Å². The Morgan fingerprint density at radius 3 is 2.50 bits per heavy atom. The molecule has 2 amide bonds. The molecule has 1 aromatic carbocycles. The standard InChI is InChI=1S/C15H25N3O3S/c1-11-6-7-13(22(5,20)21)10-14(11)17-15(19)16-12(2)8-9-18(3)4/h6-7,10,12H,8-9H2,1-5H3,(H2,16,17,19)/t12-/m0/s1. The lowest BCUT2D eigenvalue weighted by atomic mass is 10.2. The molecular formula is C15H25N3O3S. The number of carbonyl (C=O) groups excluding carboxylic acids is 1. The van der Waals surface area contributed by atoms with Crippen molar-refractivity contribution >= 4 is 21.6 Å². The van der Waals surface area contributed by atoms with Crippen molar-refractivity contribution in [3.8, 4) is 0 Å². The normalized spacial score (nSPS) is 13.0. The van der Waals surface area contributed by atoms with Crippen molar-refractivity contribution in [1.29, 1.82) is 0 Å². The summed E-state index contributed by atoms with van der Waals surface area (Å²) >= 11 is 0. The molecule has 6 nitrogen and oxygen atoms in total. The fourth-order valence-corrected chi connectivity index (χ4v) is 2.52. The Morgan fingerprint density at radius 2 is 1.95 bits per heavy atom. The Bertz CT molecular complexity index is 627. The maximum atomic E-state index is 12.0. The quantitative estimate of drug-likeness (QED) is 0.836. The third-order valence-electron chi connectivity index (χ3n) is 3.27. The lowest BCUT2D eigenvalue weighted by Gasteiger charge is -2.18. The Morgan fingerprint density at radius 1 is 1.32 bits per heavy atom. The lowest BCUT2D eigenvalue weighted by molar-refractivity contribution is 0.247. The fraction of sp³-hybridized carbons (Fsp3) is 0.533. The molecule has 2 N–H and O–H groups in total. The molecule has 22 heavy (non-hydrogen) atoms. The van der Waals surface area contributed by atoms with Crippen LogP contribution in [-0.2, 0) is 9.84 Å². The van der Waals surface area contributed by atoms with Gasteiger partial charge in [-0.3, -0.25) is 0 Å². The third-order valence-corrected chi connectivity index (χ3v) is 4.38. The highest BCUT2D eigenvalue weighted by molar-refractivity contribution is 7.90. The van der Waals surface area contributed by atoms with Gasteiger partial charge in [-0.25, -0.2) is 13.2 Å². The van der Waals surface area contributed by atoms with Crippen LogP contribution in [0.5, 0.6) is 0 Å². The minimum atomic E-state index is -3.30. The average molecular weight is 327 g/mol. The van der Waals surface area contributed by atoms with E-state index in [2.05, 4.69) is 15.5 Å². The number of anilines is 1. The van der Waals surface area contributed by atoms with Gasteiger partial charge in [0.1, 0.15) is 0 Å². The minimum absolute atomic E-state index is 0.0285. The van der Waals surface area contributed by atoms with Crippen LogP contribution in [0, 0.1) is 6.92 Å². The van der Waals surface area contributed by atoms with Crippen LogP contribution < -0.4 is 10.6 Å². The molecule has 0 aliphatic rings. The number of nitrogens with one attached hydrogen (secondary N) is 2. The number of hydrogen-bond donors (Lipinski definition) is 2. The van der Waals surface area contributed by atoms with Gasteiger partial charge in [0.25, 0.3) is 0 Å². The number of aryl methyl sites for hydroxylation is 1. The summed E-state index contributed by atoms with van der Waals surface area (Å²) in [4.78, 5) is 14.2. The van der Waals surface area contributed by atoms with Gasteiger partial charge >= 0.3 is 6.03 Å². The molecule has 0 spiro atoms. The summed E-state index contributed by atoms with van der Waals surface area (Å²) in [6.07, 6.45) is 1.98. The highest BCUT2D eigenvalue weighted by atomic mass is 32.2. The van der Waals surface area contributed by atoms with Gasteiger partial charge in [0, 0.05) is 18.0 Å². The zero-order valence-corrected chi connectivity index (χ0v) is 14.6. The number of carbonyl (C=O) groups is 1. The van der Waals surface area contributed by atoms with Gasteiger partial charge in [0.05, 0.1) is 4.90 Å². The molecule has 0 unspecified atom stereocenters.